The Kier molecular flexibility index (Phi) is 6.10. The zero-order chi connectivity index (χ0) is 15.9. The Bertz CT molecular complexity index is 608. The molecule has 2 N–H and O–H groups in total. The molecule has 0 saturated heterocycles. The highest BCUT2D eigenvalue weighted by Crippen LogP contribution is 2.17. The Hall–Kier alpha value is -1.71. The number of benzene rings is 2. The van der Waals surface area contributed by atoms with Gasteiger partial charge < -0.3 is 5.73 Å². The minimum Gasteiger partial charge on any atom is -0.393 e. The van der Waals surface area contributed by atoms with E-state index in [4.69, 9.17) is 18.0 Å². The van der Waals surface area contributed by atoms with Crippen molar-refractivity contribution in [3.63, 3.8) is 0 Å². The van der Waals surface area contributed by atoms with Crippen LogP contribution in [0.15, 0.2) is 54.6 Å². The van der Waals surface area contributed by atoms with Gasteiger partial charge in [-0.15, -0.1) is 0 Å². The summed E-state index contributed by atoms with van der Waals surface area (Å²) in [5.41, 5.74) is 9.60. The molecule has 2 rings (SSSR count). The molecule has 0 spiro atoms. The minimum absolute atomic E-state index is 0.470. The lowest BCUT2D eigenvalue weighted by molar-refractivity contribution is 0.203. The third-order valence-electron chi connectivity index (χ3n) is 3.82. The first-order valence-electron chi connectivity index (χ1n) is 7.69. The quantitative estimate of drug-likeness (QED) is 0.786. The third-order valence-corrected chi connectivity index (χ3v) is 3.96. The van der Waals surface area contributed by atoms with Crippen LogP contribution in [0.2, 0.25) is 0 Å². The minimum atomic E-state index is 0.470. The predicted molar refractivity (Wildman–Crippen MR) is 97.8 cm³/mol. The maximum Gasteiger partial charge on any atom is 0.0771 e. The van der Waals surface area contributed by atoms with Gasteiger partial charge in [0.1, 0.15) is 0 Å². The molecule has 116 valence electrons. The van der Waals surface area contributed by atoms with Crippen molar-refractivity contribution < 1.29 is 0 Å². The lowest BCUT2D eigenvalue weighted by atomic mass is 10.0. The zero-order valence-corrected chi connectivity index (χ0v) is 14.1. The molecule has 2 nitrogen and oxygen atoms in total. The Balaban J connectivity index is 2.16. The first-order chi connectivity index (χ1) is 10.6. The van der Waals surface area contributed by atoms with E-state index in [9.17, 15) is 0 Å². The van der Waals surface area contributed by atoms with E-state index >= 15 is 0 Å². The molecule has 0 fully saturated rings. The SMILES string of the molecule is CC(C)N(Cc1ccccc1)Cc1ccccc1CC(N)=S. The summed E-state index contributed by atoms with van der Waals surface area (Å²) in [6.07, 6.45) is 0.669. The van der Waals surface area contributed by atoms with Crippen LogP contribution in [0.3, 0.4) is 0 Å². The van der Waals surface area contributed by atoms with Gasteiger partial charge in [-0.2, -0.15) is 0 Å². The Morgan fingerprint density at radius 3 is 2.14 bits per heavy atom. The summed E-state index contributed by atoms with van der Waals surface area (Å²) in [6.45, 7) is 6.32. The summed E-state index contributed by atoms with van der Waals surface area (Å²) >= 11 is 5.07. The van der Waals surface area contributed by atoms with Crippen LogP contribution in [0.1, 0.15) is 30.5 Å². The average Bonchev–Trinajstić information content (AvgIpc) is 2.49. The number of rotatable bonds is 7. The molecule has 0 aliphatic heterocycles. The van der Waals surface area contributed by atoms with Gasteiger partial charge in [0.25, 0.3) is 0 Å². The molecule has 0 aliphatic carbocycles. The van der Waals surface area contributed by atoms with Gasteiger partial charge in [0.15, 0.2) is 0 Å². The van der Waals surface area contributed by atoms with Crippen molar-refractivity contribution in [2.24, 2.45) is 5.73 Å². The van der Waals surface area contributed by atoms with E-state index in [0.717, 1.165) is 13.1 Å². The molecule has 0 heterocycles. The highest BCUT2D eigenvalue weighted by Gasteiger charge is 2.13. The maximum absolute atomic E-state index is 5.73. The van der Waals surface area contributed by atoms with Gasteiger partial charge in [-0.3, -0.25) is 4.90 Å². The highest BCUT2D eigenvalue weighted by atomic mass is 32.1. The first-order valence-corrected chi connectivity index (χ1v) is 8.10. The van der Waals surface area contributed by atoms with Crippen molar-refractivity contribution in [3.05, 3.63) is 71.3 Å². The largest absolute Gasteiger partial charge is 0.393 e. The maximum atomic E-state index is 5.73. The van der Waals surface area contributed by atoms with Crippen LogP contribution in [0.4, 0.5) is 0 Å². The lowest BCUT2D eigenvalue weighted by Gasteiger charge is -2.27. The standard InChI is InChI=1S/C19H24N2S/c1-15(2)21(13-16-8-4-3-5-9-16)14-18-11-7-6-10-17(18)12-19(20)22/h3-11,15H,12-14H2,1-2H3,(H2,20,22). The zero-order valence-electron chi connectivity index (χ0n) is 13.3. The normalized spacial score (nSPS) is 11.1. The van der Waals surface area contributed by atoms with Crippen molar-refractivity contribution in [1.82, 2.24) is 4.90 Å². The van der Waals surface area contributed by atoms with Crippen LogP contribution in [0.25, 0.3) is 0 Å². The summed E-state index contributed by atoms with van der Waals surface area (Å²) in [7, 11) is 0. The molecule has 0 radical (unpaired) electrons. The number of thiocarbonyl (C=S) groups is 1. The van der Waals surface area contributed by atoms with E-state index in [1.165, 1.54) is 16.7 Å². The number of nitrogens with zero attached hydrogens (tertiary/aromatic N) is 1. The van der Waals surface area contributed by atoms with E-state index in [0.29, 0.717) is 17.5 Å². The molecule has 0 amide bonds. The van der Waals surface area contributed by atoms with Crippen molar-refractivity contribution >= 4 is 17.2 Å². The van der Waals surface area contributed by atoms with Gasteiger partial charge in [-0.1, -0.05) is 66.8 Å². The van der Waals surface area contributed by atoms with E-state index in [-0.39, 0.29) is 0 Å². The fraction of sp³-hybridized carbons (Fsp3) is 0.316. The van der Waals surface area contributed by atoms with E-state index < -0.39 is 0 Å². The molecule has 0 aromatic heterocycles. The van der Waals surface area contributed by atoms with Crippen LogP contribution < -0.4 is 5.73 Å². The Morgan fingerprint density at radius 1 is 0.955 bits per heavy atom. The molecule has 3 heteroatoms. The molecular formula is C19H24N2S. The van der Waals surface area contributed by atoms with Crippen LogP contribution in [0.5, 0.6) is 0 Å². The monoisotopic (exact) mass is 312 g/mol. The topological polar surface area (TPSA) is 29.3 Å². The summed E-state index contributed by atoms with van der Waals surface area (Å²) in [6, 6.07) is 19.5. The van der Waals surface area contributed by atoms with Crippen LogP contribution in [-0.4, -0.2) is 15.9 Å². The molecule has 0 aliphatic rings. The van der Waals surface area contributed by atoms with Crippen LogP contribution in [0, 0.1) is 0 Å². The average molecular weight is 312 g/mol. The fourth-order valence-electron chi connectivity index (χ4n) is 2.53. The first kappa shape index (κ1) is 16.7. The van der Waals surface area contributed by atoms with Crippen LogP contribution in [-0.2, 0) is 19.5 Å². The Labute approximate surface area is 139 Å². The second-order valence-corrected chi connectivity index (χ2v) is 6.42. The number of hydrogen-bond acceptors (Lipinski definition) is 2. The molecule has 2 aromatic carbocycles. The molecule has 0 bridgehead atoms. The van der Waals surface area contributed by atoms with Gasteiger partial charge in [0, 0.05) is 25.6 Å². The second-order valence-electron chi connectivity index (χ2n) is 5.90. The van der Waals surface area contributed by atoms with Gasteiger partial charge in [0.05, 0.1) is 4.99 Å². The van der Waals surface area contributed by atoms with Gasteiger partial charge >= 0.3 is 0 Å². The summed E-state index contributed by atoms with van der Waals surface area (Å²) in [4.78, 5) is 3.01. The van der Waals surface area contributed by atoms with Crippen molar-refractivity contribution in [2.75, 3.05) is 0 Å². The van der Waals surface area contributed by atoms with Crippen molar-refractivity contribution in [2.45, 2.75) is 39.4 Å². The molecule has 0 unspecified atom stereocenters. The molecule has 0 saturated carbocycles. The predicted octanol–water partition coefficient (Wildman–Crippen LogP) is 3.93. The molecule has 0 atom stereocenters. The number of hydrogen-bond donors (Lipinski definition) is 1. The molecular weight excluding hydrogens is 288 g/mol. The van der Waals surface area contributed by atoms with E-state index in [1.807, 2.05) is 6.07 Å². The second kappa shape index (κ2) is 8.06. The summed E-state index contributed by atoms with van der Waals surface area (Å²) in [5.74, 6) is 0. The van der Waals surface area contributed by atoms with Gasteiger partial charge in [-0.25, -0.2) is 0 Å². The van der Waals surface area contributed by atoms with Crippen molar-refractivity contribution in [1.29, 1.82) is 0 Å². The highest BCUT2D eigenvalue weighted by molar-refractivity contribution is 7.80. The smallest absolute Gasteiger partial charge is 0.0771 e. The Morgan fingerprint density at radius 2 is 1.55 bits per heavy atom. The van der Waals surface area contributed by atoms with Crippen molar-refractivity contribution in [3.8, 4) is 0 Å². The van der Waals surface area contributed by atoms with Gasteiger partial charge in [0.2, 0.25) is 0 Å². The lowest BCUT2D eigenvalue weighted by Crippen LogP contribution is -2.30. The third kappa shape index (κ3) is 4.93. The van der Waals surface area contributed by atoms with E-state index in [2.05, 4.69) is 67.3 Å². The van der Waals surface area contributed by atoms with E-state index in [1.54, 1.807) is 0 Å². The van der Waals surface area contributed by atoms with Gasteiger partial charge in [-0.05, 0) is 30.5 Å². The number of nitrogens with two attached hydrogens (primary N) is 1. The fourth-order valence-corrected chi connectivity index (χ4v) is 2.69. The van der Waals surface area contributed by atoms with Crippen LogP contribution >= 0.6 is 12.2 Å². The molecule has 2 aromatic rings. The molecule has 22 heavy (non-hydrogen) atoms. The summed E-state index contributed by atoms with van der Waals surface area (Å²) in [5, 5.41) is 0. The summed E-state index contributed by atoms with van der Waals surface area (Å²) < 4.78 is 0.